The molecule has 3 amide bonds. The van der Waals surface area contributed by atoms with E-state index < -0.39 is 24.2 Å². The van der Waals surface area contributed by atoms with Crippen LogP contribution in [0.2, 0.25) is 0 Å². The lowest BCUT2D eigenvalue weighted by atomic mass is 9.98. The van der Waals surface area contributed by atoms with E-state index in [0.717, 1.165) is 27.8 Å². The average Bonchev–Trinajstić information content (AvgIpc) is 3.21. The molecule has 192 valence electrons. The predicted octanol–water partition coefficient (Wildman–Crippen LogP) is 4.37. The number of ether oxygens (including phenoxy) is 1. The summed E-state index contributed by atoms with van der Waals surface area (Å²) in [4.78, 5) is 37.2. The van der Waals surface area contributed by atoms with Gasteiger partial charge in [-0.2, -0.15) is 0 Å². The Morgan fingerprint density at radius 3 is 2.05 bits per heavy atom. The van der Waals surface area contributed by atoms with E-state index in [1.807, 2.05) is 68.4 Å². The second-order valence-electron chi connectivity index (χ2n) is 9.69. The largest absolute Gasteiger partial charge is 0.449 e. The third kappa shape index (κ3) is 6.55. The highest BCUT2D eigenvalue weighted by Gasteiger charge is 2.30. The van der Waals surface area contributed by atoms with Gasteiger partial charge < -0.3 is 20.7 Å². The lowest BCUT2D eigenvalue weighted by Gasteiger charge is -2.24. The van der Waals surface area contributed by atoms with Crippen molar-refractivity contribution in [2.75, 3.05) is 6.61 Å². The molecule has 37 heavy (non-hydrogen) atoms. The number of carbonyl (C=O) groups excluding carboxylic acids is 3. The van der Waals surface area contributed by atoms with E-state index >= 15 is 0 Å². The van der Waals surface area contributed by atoms with Crippen molar-refractivity contribution in [2.24, 2.45) is 5.92 Å². The second kappa shape index (κ2) is 12.2. The van der Waals surface area contributed by atoms with Crippen LogP contribution in [-0.2, 0) is 20.7 Å². The van der Waals surface area contributed by atoms with Crippen molar-refractivity contribution in [3.8, 4) is 11.1 Å². The molecule has 4 rings (SSSR count). The van der Waals surface area contributed by atoms with Crippen LogP contribution in [0, 0.1) is 5.92 Å². The van der Waals surface area contributed by atoms with Gasteiger partial charge in [0.1, 0.15) is 18.8 Å². The van der Waals surface area contributed by atoms with E-state index in [1.165, 1.54) is 0 Å². The van der Waals surface area contributed by atoms with E-state index in [1.54, 1.807) is 0 Å². The van der Waals surface area contributed by atoms with Crippen LogP contribution < -0.4 is 16.0 Å². The van der Waals surface area contributed by atoms with Gasteiger partial charge in [0.2, 0.25) is 12.3 Å². The van der Waals surface area contributed by atoms with Crippen LogP contribution in [-0.4, -0.2) is 37.2 Å². The van der Waals surface area contributed by atoms with Gasteiger partial charge >= 0.3 is 6.09 Å². The molecular weight excluding hydrogens is 466 g/mol. The molecule has 0 aliphatic heterocycles. The first-order chi connectivity index (χ1) is 18.0. The molecule has 0 fully saturated rings. The number of fused-ring (bicyclic) bond motifs is 3. The summed E-state index contributed by atoms with van der Waals surface area (Å²) in [7, 11) is 0. The lowest BCUT2D eigenvalue weighted by Crippen LogP contribution is -2.54. The first kappa shape index (κ1) is 25.9. The number of amides is 3. The maximum Gasteiger partial charge on any atom is 0.407 e. The fourth-order valence-electron chi connectivity index (χ4n) is 4.84. The van der Waals surface area contributed by atoms with Crippen molar-refractivity contribution in [1.29, 1.82) is 0 Å². The first-order valence-corrected chi connectivity index (χ1v) is 12.6. The molecule has 0 radical (unpaired) electrons. The topological polar surface area (TPSA) is 96.5 Å². The molecule has 0 bridgehead atoms. The lowest BCUT2D eigenvalue weighted by molar-refractivity contribution is -0.124. The molecule has 3 aromatic carbocycles. The summed E-state index contributed by atoms with van der Waals surface area (Å²) >= 11 is 0. The van der Waals surface area contributed by atoms with Gasteiger partial charge in [0.05, 0.1) is 0 Å². The van der Waals surface area contributed by atoms with E-state index in [0.29, 0.717) is 12.8 Å². The Hall–Kier alpha value is -4.13. The molecule has 2 atom stereocenters. The number of alkyl carbamates (subject to hydrolysis) is 1. The standard InChI is InChI=1S/C30H33N3O4/c1-20(2)16-28(31-19-34)33-29(35)27(17-21-10-4-3-5-11-21)32-30(36)37-18-26-24-14-8-6-12-22(24)23-13-7-9-15-25(23)26/h3-15,19-20,26-28H,16-18H2,1-2H3,(H,31,34)(H,32,36)(H,33,35)/t27-,28-/m0/s1. The van der Waals surface area contributed by atoms with E-state index in [-0.39, 0.29) is 24.9 Å². The number of rotatable bonds is 11. The number of hydrogen-bond donors (Lipinski definition) is 3. The first-order valence-electron chi connectivity index (χ1n) is 12.6. The van der Waals surface area contributed by atoms with E-state index in [9.17, 15) is 14.4 Å². The number of hydrogen-bond acceptors (Lipinski definition) is 4. The van der Waals surface area contributed by atoms with Gasteiger partial charge in [0.15, 0.2) is 0 Å². The van der Waals surface area contributed by atoms with Crippen LogP contribution in [0.3, 0.4) is 0 Å². The zero-order chi connectivity index (χ0) is 26.2. The van der Waals surface area contributed by atoms with Gasteiger partial charge in [-0.1, -0.05) is 92.7 Å². The molecule has 1 aliphatic carbocycles. The summed E-state index contributed by atoms with van der Waals surface area (Å²) in [6.45, 7) is 4.16. The van der Waals surface area contributed by atoms with Gasteiger partial charge in [-0.15, -0.1) is 0 Å². The molecule has 0 heterocycles. The highest BCUT2D eigenvalue weighted by molar-refractivity contribution is 5.86. The Kier molecular flexibility index (Phi) is 8.56. The predicted molar refractivity (Wildman–Crippen MR) is 143 cm³/mol. The molecule has 0 unspecified atom stereocenters. The minimum absolute atomic E-state index is 0.0771. The van der Waals surface area contributed by atoms with Crippen LogP contribution in [0.15, 0.2) is 78.9 Å². The van der Waals surface area contributed by atoms with Crippen LogP contribution >= 0.6 is 0 Å². The minimum atomic E-state index is -0.874. The molecule has 0 aromatic heterocycles. The Morgan fingerprint density at radius 2 is 1.46 bits per heavy atom. The smallest absolute Gasteiger partial charge is 0.407 e. The quantitative estimate of drug-likeness (QED) is 0.270. The number of benzene rings is 3. The summed E-state index contributed by atoms with van der Waals surface area (Å²) in [6.07, 6.45) is 0.215. The van der Waals surface area contributed by atoms with Crippen molar-refractivity contribution < 1.29 is 19.1 Å². The van der Waals surface area contributed by atoms with Crippen LogP contribution in [0.4, 0.5) is 4.79 Å². The van der Waals surface area contributed by atoms with Gasteiger partial charge in [0.25, 0.3) is 0 Å². The summed E-state index contributed by atoms with van der Waals surface area (Å²) in [6, 6.07) is 24.8. The molecule has 3 N–H and O–H groups in total. The third-order valence-corrected chi connectivity index (χ3v) is 6.53. The number of carbonyl (C=O) groups is 3. The van der Waals surface area contributed by atoms with E-state index in [2.05, 4.69) is 40.2 Å². The molecule has 7 nitrogen and oxygen atoms in total. The Labute approximate surface area is 217 Å². The Bertz CT molecular complexity index is 1180. The normalized spacial score (nSPS) is 13.7. The average molecular weight is 500 g/mol. The second-order valence-corrected chi connectivity index (χ2v) is 9.69. The molecule has 0 saturated carbocycles. The van der Waals surface area contributed by atoms with Crippen molar-refractivity contribution in [3.05, 3.63) is 95.6 Å². The van der Waals surface area contributed by atoms with Crippen molar-refractivity contribution in [1.82, 2.24) is 16.0 Å². The van der Waals surface area contributed by atoms with Crippen molar-refractivity contribution in [2.45, 2.75) is 44.8 Å². The van der Waals surface area contributed by atoms with Crippen LogP contribution in [0.5, 0.6) is 0 Å². The van der Waals surface area contributed by atoms with Gasteiger partial charge in [-0.05, 0) is 40.2 Å². The Morgan fingerprint density at radius 1 is 0.865 bits per heavy atom. The molecule has 0 spiro atoms. The summed E-state index contributed by atoms with van der Waals surface area (Å²) in [5.74, 6) is -0.218. The van der Waals surface area contributed by atoms with Crippen LogP contribution in [0.1, 0.15) is 42.9 Å². The van der Waals surface area contributed by atoms with E-state index in [4.69, 9.17) is 4.74 Å². The van der Waals surface area contributed by atoms with Crippen molar-refractivity contribution >= 4 is 18.4 Å². The van der Waals surface area contributed by atoms with Gasteiger partial charge in [-0.3, -0.25) is 9.59 Å². The fourth-order valence-corrected chi connectivity index (χ4v) is 4.84. The number of nitrogens with one attached hydrogen (secondary N) is 3. The van der Waals surface area contributed by atoms with Gasteiger partial charge in [0, 0.05) is 12.3 Å². The third-order valence-electron chi connectivity index (χ3n) is 6.53. The zero-order valence-corrected chi connectivity index (χ0v) is 21.1. The summed E-state index contributed by atoms with van der Waals surface area (Å²) in [5.41, 5.74) is 5.42. The zero-order valence-electron chi connectivity index (χ0n) is 21.1. The maximum atomic E-state index is 13.2. The molecule has 1 aliphatic rings. The SMILES string of the molecule is CC(C)C[C@@H](NC=O)NC(=O)[C@H](Cc1ccccc1)NC(=O)OCC1c2ccccc2-c2ccccc21. The van der Waals surface area contributed by atoms with Crippen LogP contribution in [0.25, 0.3) is 11.1 Å². The minimum Gasteiger partial charge on any atom is -0.449 e. The monoisotopic (exact) mass is 499 g/mol. The van der Waals surface area contributed by atoms with Crippen molar-refractivity contribution in [3.63, 3.8) is 0 Å². The summed E-state index contributed by atoms with van der Waals surface area (Å²) < 4.78 is 5.67. The fraction of sp³-hybridized carbons (Fsp3) is 0.300. The molecular formula is C30H33N3O4. The summed E-state index contributed by atoms with van der Waals surface area (Å²) in [5, 5.41) is 8.24. The molecule has 3 aromatic rings. The maximum absolute atomic E-state index is 13.2. The molecule has 7 heteroatoms. The highest BCUT2D eigenvalue weighted by atomic mass is 16.5. The highest BCUT2D eigenvalue weighted by Crippen LogP contribution is 2.44. The van der Waals surface area contributed by atoms with Gasteiger partial charge in [-0.25, -0.2) is 4.79 Å². The Balaban J connectivity index is 1.45. The molecule has 0 saturated heterocycles.